The van der Waals surface area contributed by atoms with Crippen molar-refractivity contribution >= 4 is 0 Å². The summed E-state index contributed by atoms with van der Waals surface area (Å²) in [5.74, 6) is -0.317. The number of methoxy groups -OCH3 is 1. The maximum absolute atomic E-state index is 13.1. The first-order valence-corrected chi connectivity index (χ1v) is 5.23. The lowest BCUT2D eigenvalue weighted by Gasteiger charge is -2.05. The topological polar surface area (TPSA) is 64.1 Å². The number of H-pyrrole nitrogens is 1. The minimum absolute atomic E-state index is 0.00984. The standard InChI is InChI=1S/C12H11FN2O3/c1-18-9-4-2-8(3-5-9)7-15-11(16)10(13)6-14-12(15)17/h2-6H,7H2,1H3,(H,14,17). The first-order valence-electron chi connectivity index (χ1n) is 5.23. The van der Waals surface area contributed by atoms with E-state index in [2.05, 4.69) is 4.98 Å². The van der Waals surface area contributed by atoms with Gasteiger partial charge in [-0.15, -0.1) is 0 Å². The Morgan fingerprint density at radius 3 is 2.56 bits per heavy atom. The Labute approximate surface area is 101 Å². The van der Waals surface area contributed by atoms with Crippen LogP contribution in [0.25, 0.3) is 0 Å². The third kappa shape index (κ3) is 2.32. The molecule has 1 aromatic carbocycles. The summed E-state index contributed by atoms with van der Waals surface area (Å²) in [5, 5.41) is 0. The van der Waals surface area contributed by atoms with Gasteiger partial charge in [0.15, 0.2) is 0 Å². The SMILES string of the molecule is COc1ccc(Cn2c(=O)[nH]cc(F)c2=O)cc1. The van der Waals surface area contributed by atoms with Crippen LogP contribution >= 0.6 is 0 Å². The largest absolute Gasteiger partial charge is 0.497 e. The summed E-state index contributed by atoms with van der Waals surface area (Å²) in [6.45, 7) is 0.00984. The van der Waals surface area contributed by atoms with Gasteiger partial charge in [-0.2, -0.15) is 4.39 Å². The summed E-state index contributed by atoms with van der Waals surface area (Å²) in [6.07, 6.45) is 0.759. The van der Waals surface area contributed by atoms with Gasteiger partial charge in [-0.25, -0.2) is 4.79 Å². The van der Waals surface area contributed by atoms with Crippen LogP contribution in [-0.2, 0) is 6.54 Å². The summed E-state index contributed by atoms with van der Waals surface area (Å²) in [7, 11) is 1.54. The normalized spacial score (nSPS) is 10.3. The van der Waals surface area contributed by atoms with Crippen molar-refractivity contribution in [3.63, 3.8) is 0 Å². The molecule has 0 atom stereocenters. The molecular formula is C12H11FN2O3. The molecule has 1 N–H and O–H groups in total. The fourth-order valence-electron chi connectivity index (χ4n) is 1.54. The van der Waals surface area contributed by atoms with Gasteiger partial charge in [0.2, 0.25) is 5.82 Å². The first kappa shape index (κ1) is 12.1. The molecule has 0 unspecified atom stereocenters. The molecule has 0 radical (unpaired) electrons. The molecule has 0 fully saturated rings. The van der Waals surface area contributed by atoms with E-state index in [1.54, 1.807) is 24.3 Å². The van der Waals surface area contributed by atoms with E-state index in [0.29, 0.717) is 11.3 Å². The molecular weight excluding hydrogens is 239 g/mol. The molecule has 2 rings (SSSR count). The first-order chi connectivity index (χ1) is 8.61. The third-order valence-electron chi connectivity index (χ3n) is 2.52. The van der Waals surface area contributed by atoms with Crippen LogP contribution in [0.3, 0.4) is 0 Å². The van der Waals surface area contributed by atoms with Crippen LogP contribution in [0.5, 0.6) is 5.75 Å². The summed E-state index contributed by atoms with van der Waals surface area (Å²) in [4.78, 5) is 25.1. The number of hydrogen-bond acceptors (Lipinski definition) is 3. The highest BCUT2D eigenvalue weighted by atomic mass is 19.1. The highest BCUT2D eigenvalue weighted by molar-refractivity contribution is 5.27. The average molecular weight is 250 g/mol. The van der Waals surface area contributed by atoms with E-state index in [1.165, 1.54) is 7.11 Å². The smallest absolute Gasteiger partial charge is 0.328 e. The molecule has 0 bridgehead atoms. The number of hydrogen-bond donors (Lipinski definition) is 1. The van der Waals surface area contributed by atoms with Crippen molar-refractivity contribution in [3.05, 3.63) is 62.7 Å². The fraction of sp³-hybridized carbons (Fsp3) is 0.167. The number of rotatable bonds is 3. The lowest BCUT2D eigenvalue weighted by atomic mass is 10.2. The molecule has 0 aliphatic rings. The zero-order valence-electron chi connectivity index (χ0n) is 9.64. The van der Waals surface area contributed by atoms with Crippen molar-refractivity contribution < 1.29 is 9.13 Å². The molecule has 18 heavy (non-hydrogen) atoms. The predicted octanol–water partition coefficient (Wildman–Crippen LogP) is 0.733. The Bertz CT molecular complexity index is 658. The Morgan fingerprint density at radius 1 is 1.28 bits per heavy atom. The highest BCUT2D eigenvalue weighted by Gasteiger charge is 2.07. The Kier molecular flexibility index (Phi) is 3.27. The van der Waals surface area contributed by atoms with Crippen molar-refractivity contribution in [1.82, 2.24) is 9.55 Å². The molecule has 1 heterocycles. The quantitative estimate of drug-likeness (QED) is 0.873. The number of halogens is 1. The van der Waals surface area contributed by atoms with Crippen molar-refractivity contribution in [2.45, 2.75) is 6.54 Å². The molecule has 1 aromatic heterocycles. The summed E-state index contributed by atoms with van der Waals surface area (Å²) < 4.78 is 18.8. The highest BCUT2D eigenvalue weighted by Crippen LogP contribution is 2.11. The van der Waals surface area contributed by atoms with E-state index in [0.717, 1.165) is 10.8 Å². The lowest BCUT2D eigenvalue weighted by Crippen LogP contribution is -2.36. The van der Waals surface area contributed by atoms with Gasteiger partial charge in [-0.1, -0.05) is 12.1 Å². The van der Waals surface area contributed by atoms with Crippen LogP contribution < -0.4 is 16.0 Å². The molecule has 94 valence electrons. The van der Waals surface area contributed by atoms with Gasteiger partial charge in [0.25, 0.3) is 5.56 Å². The van der Waals surface area contributed by atoms with E-state index in [9.17, 15) is 14.0 Å². The van der Waals surface area contributed by atoms with Crippen molar-refractivity contribution in [2.75, 3.05) is 7.11 Å². The third-order valence-corrected chi connectivity index (χ3v) is 2.52. The molecule has 2 aromatic rings. The predicted molar refractivity (Wildman–Crippen MR) is 63.4 cm³/mol. The van der Waals surface area contributed by atoms with Gasteiger partial charge in [0, 0.05) is 6.20 Å². The van der Waals surface area contributed by atoms with Crippen molar-refractivity contribution in [3.8, 4) is 5.75 Å². The summed E-state index contributed by atoms with van der Waals surface area (Å²) >= 11 is 0. The number of nitrogens with one attached hydrogen (secondary N) is 1. The van der Waals surface area contributed by atoms with Gasteiger partial charge in [-0.3, -0.25) is 9.36 Å². The number of aromatic amines is 1. The zero-order chi connectivity index (χ0) is 13.1. The van der Waals surface area contributed by atoms with Gasteiger partial charge < -0.3 is 9.72 Å². The fourth-order valence-corrected chi connectivity index (χ4v) is 1.54. The van der Waals surface area contributed by atoms with Crippen LogP contribution in [0.1, 0.15) is 5.56 Å². The van der Waals surface area contributed by atoms with Crippen LogP contribution in [0.15, 0.2) is 40.1 Å². The number of ether oxygens (including phenoxy) is 1. The molecule has 0 spiro atoms. The number of aromatic nitrogens is 2. The monoisotopic (exact) mass is 250 g/mol. The van der Waals surface area contributed by atoms with E-state index >= 15 is 0 Å². The second-order valence-corrected chi connectivity index (χ2v) is 3.68. The average Bonchev–Trinajstić information content (AvgIpc) is 2.40. The maximum atomic E-state index is 13.1. The van der Waals surface area contributed by atoms with Gasteiger partial charge in [0.05, 0.1) is 13.7 Å². The molecule has 0 saturated heterocycles. The van der Waals surface area contributed by atoms with E-state index in [4.69, 9.17) is 4.74 Å². The minimum atomic E-state index is -0.983. The Morgan fingerprint density at radius 2 is 1.94 bits per heavy atom. The maximum Gasteiger partial charge on any atom is 0.328 e. The van der Waals surface area contributed by atoms with E-state index in [1.807, 2.05) is 0 Å². The summed E-state index contributed by atoms with van der Waals surface area (Å²) in [5.41, 5.74) is -0.874. The van der Waals surface area contributed by atoms with Crippen LogP contribution in [0.4, 0.5) is 4.39 Å². The van der Waals surface area contributed by atoms with Gasteiger partial charge in [0.1, 0.15) is 5.75 Å². The summed E-state index contributed by atoms with van der Waals surface area (Å²) in [6, 6.07) is 6.81. The van der Waals surface area contributed by atoms with E-state index < -0.39 is 17.1 Å². The molecule has 6 heteroatoms. The number of nitrogens with zero attached hydrogens (tertiary/aromatic N) is 1. The van der Waals surface area contributed by atoms with Crippen LogP contribution in [0.2, 0.25) is 0 Å². The Balaban J connectivity index is 2.37. The zero-order valence-corrected chi connectivity index (χ0v) is 9.64. The Hall–Kier alpha value is -2.37. The van der Waals surface area contributed by atoms with E-state index in [-0.39, 0.29) is 6.54 Å². The van der Waals surface area contributed by atoms with Gasteiger partial charge >= 0.3 is 5.69 Å². The van der Waals surface area contributed by atoms with Gasteiger partial charge in [-0.05, 0) is 17.7 Å². The lowest BCUT2D eigenvalue weighted by molar-refractivity contribution is 0.414. The van der Waals surface area contributed by atoms with Crippen molar-refractivity contribution in [2.24, 2.45) is 0 Å². The molecule has 5 nitrogen and oxygen atoms in total. The molecule has 0 aliphatic carbocycles. The van der Waals surface area contributed by atoms with Crippen LogP contribution in [0, 0.1) is 5.82 Å². The molecule has 0 amide bonds. The second-order valence-electron chi connectivity index (χ2n) is 3.68. The molecule has 0 aliphatic heterocycles. The second kappa shape index (κ2) is 4.87. The van der Waals surface area contributed by atoms with Crippen molar-refractivity contribution in [1.29, 1.82) is 0 Å². The molecule has 0 saturated carbocycles. The van der Waals surface area contributed by atoms with Crippen LogP contribution in [-0.4, -0.2) is 16.7 Å². The number of benzene rings is 1. The minimum Gasteiger partial charge on any atom is -0.497 e.